The van der Waals surface area contributed by atoms with Gasteiger partial charge in [-0.1, -0.05) is 24.6 Å². The van der Waals surface area contributed by atoms with Crippen molar-refractivity contribution in [1.29, 1.82) is 0 Å². The van der Waals surface area contributed by atoms with Crippen LogP contribution in [0.4, 0.5) is 10.5 Å². The van der Waals surface area contributed by atoms with Gasteiger partial charge in [0.2, 0.25) is 0 Å². The molecule has 4 aliphatic rings. The van der Waals surface area contributed by atoms with E-state index in [-0.39, 0.29) is 13.0 Å². The largest absolute Gasteiger partial charge is 0.328 e. The minimum absolute atomic E-state index is 0. The van der Waals surface area contributed by atoms with Gasteiger partial charge in [-0.3, -0.25) is 0 Å². The van der Waals surface area contributed by atoms with E-state index in [2.05, 4.69) is 27.7 Å². The van der Waals surface area contributed by atoms with Gasteiger partial charge in [0, 0.05) is 32.3 Å². The van der Waals surface area contributed by atoms with E-state index in [1.54, 1.807) is 0 Å². The highest BCUT2D eigenvalue weighted by atomic mass is 16.2. The van der Waals surface area contributed by atoms with Crippen molar-refractivity contribution in [3.8, 4) is 0 Å². The quantitative estimate of drug-likeness (QED) is 0.868. The standard InChI is InChI=1S/C20H27N3O.H2/c24-19-21-18-4-2-1-3-17(18)20(22-19)7-9-23(10-8-20)13-16-12-14-5-6-15(16)11-14;/h1-4,14-16H,5-13H2,(H2,21,22,24);1H. The fourth-order valence-electron chi connectivity index (χ4n) is 5.89. The molecule has 130 valence electrons. The van der Waals surface area contributed by atoms with Gasteiger partial charge < -0.3 is 15.5 Å². The summed E-state index contributed by atoms with van der Waals surface area (Å²) in [5.74, 6) is 2.98. The Morgan fingerprint density at radius 3 is 2.75 bits per heavy atom. The number of para-hydroxylation sites is 1. The Bertz CT molecular complexity index is 656. The van der Waals surface area contributed by atoms with Gasteiger partial charge in [-0.2, -0.15) is 0 Å². The van der Waals surface area contributed by atoms with E-state index < -0.39 is 0 Å². The van der Waals surface area contributed by atoms with Crippen LogP contribution in [-0.2, 0) is 5.54 Å². The molecule has 0 radical (unpaired) electrons. The SMILES string of the molecule is O=C1Nc2ccccc2C2(CCN(CC3CC4CCC3C4)CC2)N1.[HH]. The zero-order valence-corrected chi connectivity index (χ0v) is 14.3. The zero-order valence-electron chi connectivity index (χ0n) is 14.3. The molecule has 3 unspecified atom stereocenters. The van der Waals surface area contributed by atoms with E-state index >= 15 is 0 Å². The zero-order chi connectivity index (χ0) is 16.1. The second kappa shape index (κ2) is 5.48. The Morgan fingerprint density at radius 2 is 2.00 bits per heavy atom. The fourth-order valence-corrected chi connectivity index (χ4v) is 5.89. The highest BCUT2D eigenvalue weighted by Gasteiger charge is 2.44. The number of nitrogens with zero attached hydrogens (tertiary/aromatic N) is 1. The van der Waals surface area contributed by atoms with E-state index in [0.29, 0.717) is 0 Å². The maximum atomic E-state index is 12.1. The Morgan fingerprint density at radius 1 is 1.17 bits per heavy atom. The molecule has 2 heterocycles. The molecule has 2 aliphatic heterocycles. The number of urea groups is 1. The summed E-state index contributed by atoms with van der Waals surface area (Å²) in [6.45, 7) is 3.48. The van der Waals surface area contributed by atoms with Crippen molar-refractivity contribution in [2.45, 2.75) is 44.1 Å². The van der Waals surface area contributed by atoms with Crippen molar-refractivity contribution in [3.63, 3.8) is 0 Å². The number of hydrogen-bond acceptors (Lipinski definition) is 2. The van der Waals surface area contributed by atoms with Crippen molar-refractivity contribution in [2.24, 2.45) is 17.8 Å². The number of amides is 2. The molecule has 1 aromatic carbocycles. The topological polar surface area (TPSA) is 44.4 Å². The van der Waals surface area contributed by atoms with E-state index in [0.717, 1.165) is 49.4 Å². The fraction of sp³-hybridized carbons (Fsp3) is 0.650. The van der Waals surface area contributed by atoms with Gasteiger partial charge in [0.25, 0.3) is 0 Å². The normalized spacial score (nSPS) is 34.0. The number of carbonyl (C=O) groups is 1. The van der Waals surface area contributed by atoms with Gasteiger partial charge in [-0.25, -0.2) is 4.79 Å². The smallest absolute Gasteiger partial charge is 0.319 e. The molecule has 2 aliphatic carbocycles. The molecule has 0 aromatic heterocycles. The van der Waals surface area contributed by atoms with E-state index in [1.807, 2.05) is 12.1 Å². The molecule has 3 atom stereocenters. The molecule has 2 bridgehead atoms. The van der Waals surface area contributed by atoms with Crippen molar-refractivity contribution in [2.75, 3.05) is 25.0 Å². The van der Waals surface area contributed by atoms with Gasteiger partial charge in [-0.15, -0.1) is 0 Å². The number of nitrogens with one attached hydrogen (secondary N) is 2. The van der Waals surface area contributed by atoms with Crippen LogP contribution in [0.25, 0.3) is 0 Å². The van der Waals surface area contributed by atoms with Gasteiger partial charge in [-0.05, 0) is 55.9 Å². The first-order valence-electron chi connectivity index (χ1n) is 9.63. The van der Waals surface area contributed by atoms with Crippen molar-refractivity contribution < 1.29 is 6.22 Å². The molecule has 1 spiro atoms. The number of carbonyl (C=O) groups excluding carboxylic acids is 1. The maximum Gasteiger partial charge on any atom is 0.319 e. The van der Waals surface area contributed by atoms with Crippen LogP contribution in [-0.4, -0.2) is 30.6 Å². The second-order valence-electron chi connectivity index (χ2n) is 8.44. The molecule has 1 saturated heterocycles. The first-order chi connectivity index (χ1) is 11.7. The number of anilines is 1. The van der Waals surface area contributed by atoms with Crippen LogP contribution in [0, 0.1) is 17.8 Å². The molecule has 24 heavy (non-hydrogen) atoms. The van der Waals surface area contributed by atoms with Crippen LogP contribution < -0.4 is 10.6 Å². The third-order valence-corrected chi connectivity index (χ3v) is 7.13. The number of likely N-dealkylation sites (tertiary alicyclic amines) is 1. The number of fused-ring (bicyclic) bond motifs is 4. The summed E-state index contributed by atoms with van der Waals surface area (Å²) in [6.07, 6.45) is 7.98. The molecular formula is C20H29N3O. The molecule has 1 aromatic rings. The lowest BCUT2D eigenvalue weighted by molar-refractivity contribution is 0.110. The van der Waals surface area contributed by atoms with E-state index in [1.165, 1.54) is 37.8 Å². The Labute approximate surface area is 145 Å². The maximum absolute atomic E-state index is 12.1. The summed E-state index contributed by atoms with van der Waals surface area (Å²) >= 11 is 0. The van der Waals surface area contributed by atoms with Crippen molar-refractivity contribution in [1.82, 2.24) is 10.2 Å². The summed E-state index contributed by atoms with van der Waals surface area (Å²) < 4.78 is 0. The van der Waals surface area contributed by atoms with E-state index in [9.17, 15) is 4.79 Å². The van der Waals surface area contributed by atoms with E-state index in [4.69, 9.17) is 0 Å². The first-order valence-corrected chi connectivity index (χ1v) is 9.63. The molecule has 4 nitrogen and oxygen atoms in total. The lowest BCUT2D eigenvalue weighted by atomic mass is 9.78. The third kappa shape index (κ3) is 2.34. The summed E-state index contributed by atoms with van der Waals surface area (Å²) in [4.78, 5) is 14.8. The molecule has 2 saturated carbocycles. The number of piperidine rings is 1. The van der Waals surface area contributed by atoms with Crippen LogP contribution >= 0.6 is 0 Å². The van der Waals surface area contributed by atoms with Crippen LogP contribution in [0.3, 0.4) is 0 Å². The van der Waals surface area contributed by atoms with Gasteiger partial charge >= 0.3 is 6.03 Å². The molecule has 4 heteroatoms. The lowest BCUT2D eigenvalue weighted by Gasteiger charge is -2.46. The minimum Gasteiger partial charge on any atom is -0.328 e. The monoisotopic (exact) mass is 327 g/mol. The predicted molar refractivity (Wildman–Crippen MR) is 97.0 cm³/mol. The average molecular weight is 327 g/mol. The first kappa shape index (κ1) is 14.8. The number of rotatable bonds is 2. The molecule has 5 rings (SSSR count). The predicted octanol–water partition coefficient (Wildman–Crippen LogP) is 3.80. The molecule has 3 fully saturated rings. The van der Waals surface area contributed by atoms with Crippen molar-refractivity contribution in [3.05, 3.63) is 29.8 Å². The number of benzene rings is 1. The highest BCUT2D eigenvalue weighted by molar-refractivity contribution is 5.93. The highest BCUT2D eigenvalue weighted by Crippen LogP contribution is 2.49. The minimum atomic E-state index is -0.163. The Balaban J connectivity index is 0.00000157. The Kier molecular flexibility index (Phi) is 3.37. The summed E-state index contributed by atoms with van der Waals surface area (Å²) in [6, 6.07) is 8.24. The molecule has 2 N–H and O–H groups in total. The summed E-state index contributed by atoms with van der Waals surface area (Å²) in [5, 5.41) is 6.21. The van der Waals surface area contributed by atoms with Crippen LogP contribution in [0.15, 0.2) is 24.3 Å². The van der Waals surface area contributed by atoms with Gasteiger partial charge in [0.15, 0.2) is 0 Å². The molecule has 2 amide bonds. The third-order valence-electron chi connectivity index (χ3n) is 7.13. The van der Waals surface area contributed by atoms with Gasteiger partial charge in [0.05, 0.1) is 5.54 Å². The summed E-state index contributed by atoms with van der Waals surface area (Å²) in [5.41, 5.74) is 2.09. The lowest BCUT2D eigenvalue weighted by Crippen LogP contribution is -2.57. The van der Waals surface area contributed by atoms with Crippen LogP contribution in [0.5, 0.6) is 0 Å². The average Bonchev–Trinajstić information content (AvgIpc) is 3.20. The van der Waals surface area contributed by atoms with Gasteiger partial charge in [0.1, 0.15) is 0 Å². The molecular weight excluding hydrogens is 298 g/mol. The Hall–Kier alpha value is -1.55. The number of hydrogen-bond donors (Lipinski definition) is 2. The summed E-state index contributed by atoms with van der Waals surface area (Å²) in [7, 11) is 0. The van der Waals surface area contributed by atoms with Crippen LogP contribution in [0.1, 0.15) is 45.5 Å². The van der Waals surface area contributed by atoms with Crippen LogP contribution in [0.2, 0.25) is 0 Å². The van der Waals surface area contributed by atoms with Crippen molar-refractivity contribution >= 4 is 11.7 Å². The second-order valence-corrected chi connectivity index (χ2v) is 8.44.